The topological polar surface area (TPSA) is 71.5 Å². The van der Waals surface area contributed by atoms with E-state index in [4.69, 9.17) is 9.84 Å². The Labute approximate surface area is 114 Å². The SMILES string of the molecule is COCc1cccc(Nc2sc(C)nc2C(=O)O)c1. The van der Waals surface area contributed by atoms with Gasteiger partial charge in [0.1, 0.15) is 5.00 Å². The number of anilines is 2. The molecule has 0 aliphatic carbocycles. The summed E-state index contributed by atoms with van der Waals surface area (Å²) in [5.41, 5.74) is 1.89. The fourth-order valence-electron chi connectivity index (χ4n) is 1.69. The summed E-state index contributed by atoms with van der Waals surface area (Å²) in [6.45, 7) is 2.30. The van der Waals surface area contributed by atoms with Crippen molar-refractivity contribution in [1.82, 2.24) is 4.98 Å². The Morgan fingerprint density at radius 2 is 2.32 bits per heavy atom. The molecule has 1 heterocycles. The van der Waals surface area contributed by atoms with Crippen molar-refractivity contribution in [1.29, 1.82) is 0 Å². The number of carbonyl (C=O) groups is 1. The molecule has 0 saturated carbocycles. The molecule has 1 aromatic carbocycles. The van der Waals surface area contributed by atoms with Crippen LogP contribution in [0, 0.1) is 6.92 Å². The predicted molar refractivity (Wildman–Crippen MR) is 74.2 cm³/mol. The second kappa shape index (κ2) is 5.81. The van der Waals surface area contributed by atoms with Crippen LogP contribution >= 0.6 is 11.3 Å². The Hall–Kier alpha value is -1.92. The number of nitrogens with one attached hydrogen (secondary N) is 1. The van der Waals surface area contributed by atoms with Crippen molar-refractivity contribution in [2.75, 3.05) is 12.4 Å². The molecular weight excluding hydrogens is 264 g/mol. The summed E-state index contributed by atoms with van der Waals surface area (Å²) in [6, 6.07) is 7.64. The first-order valence-corrected chi connectivity index (χ1v) is 6.47. The predicted octanol–water partition coefficient (Wildman–Crippen LogP) is 3.04. The van der Waals surface area contributed by atoms with Crippen molar-refractivity contribution in [2.45, 2.75) is 13.5 Å². The van der Waals surface area contributed by atoms with E-state index in [0.717, 1.165) is 11.3 Å². The first kappa shape index (κ1) is 13.5. The molecule has 0 fully saturated rings. The average Bonchev–Trinajstić information content (AvgIpc) is 2.71. The third kappa shape index (κ3) is 3.30. The van der Waals surface area contributed by atoms with Crippen LogP contribution in [0.5, 0.6) is 0 Å². The lowest BCUT2D eigenvalue weighted by Gasteiger charge is -2.06. The third-order valence-electron chi connectivity index (χ3n) is 2.43. The molecule has 2 N–H and O–H groups in total. The molecule has 0 aliphatic heterocycles. The molecule has 0 amide bonds. The van der Waals surface area contributed by atoms with Crippen molar-refractivity contribution in [3.63, 3.8) is 0 Å². The van der Waals surface area contributed by atoms with E-state index in [1.807, 2.05) is 24.3 Å². The molecule has 0 saturated heterocycles. The zero-order chi connectivity index (χ0) is 13.8. The fourth-order valence-corrected chi connectivity index (χ4v) is 2.52. The van der Waals surface area contributed by atoms with Crippen molar-refractivity contribution in [3.8, 4) is 0 Å². The number of thiazole rings is 1. The van der Waals surface area contributed by atoms with Gasteiger partial charge in [0.25, 0.3) is 0 Å². The summed E-state index contributed by atoms with van der Waals surface area (Å²) in [4.78, 5) is 15.1. The summed E-state index contributed by atoms with van der Waals surface area (Å²) in [7, 11) is 1.63. The quantitative estimate of drug-likeness (QED) is 0.879. The molecule has 0 unspecified atom stereocenters. The molecule has 0 bridgehead atoms. The molecule has 5 nitrogen and oxygen atoms in total. The van der Waals surface area contributed by atoms with E-state index in [0.29, 0.717) is 16.6 Å². The van der Waals surface area contributed by atoms with Crippen LogP contribution in [0.1, 0.15) is 21.1 Å². The van der Waals surface area contributed by atoms with Gasteiger partial charge < -0.3 is 15.2 Å². The van der Waals surface area contributed by atoms with E-state index in [1.54, 1.807) is 14.0 Å². The highest BCUT2D eigenvalue weighted by Crippen LogP contribution is 2.28. The summed E-state index contributed by atoms with van der Waals surface area (Å²) >= 11 is 1.32. The maximum absolute atomic E-state index is 11.1. The maximum atomic E-state index is 11.1. The van der Waals surface area contributed by atoms with E-state index in [1.165, 1.54) is 11.3 Å². The molecule has 2 aromatic rings. The number of rotatable bonds is 5. The Morgan fingerprint density at radius 1 is 1.53 bits per heavy atom. The van der Waals surface area contributed by atoms with Crippen LogP contribution < -0.4 is 5.32 Å². The molecular formula is C13H14N2O3S. The molecule has 0 radical (unpaired) electrons. The van der Waals surface area contributed by atoms with Gasteiger partial charge in [0, 0.05) is 12.8 Å². The summed E-state index contributed by atoms with van der Waals surface area (Å²) < 4.78 is 5.07. The van der Waals surface area contributed by atoms with Crippen LogP contribution in [-0.4, -0.2) is 23.2 Å². The van der Waals surface area contributed by atoms with Gasteiger partial charge in [-0.25, -0.2) is 9.78 Å². The number of ether oxygens (including phenoxy) is 1. The second-order valence-electron chi connectivity index (χ2n) is 3.97. The highest BCUT2D eigenvalue weighted by molar-refractivity contribution is 7.16. The maximum Gasteiger partial charge on any atom is 0.357 e. The second-order valence-corrected chi connectivity index (χ2v) is 5.18. The number of benzene rings is 1. The van der Waals surface area contributed by atoms with Crippen LogP contribution in [-0.2, 0) is 11.3 Å². The van der Waals surface area contributed by atoms with Crippen molar-refractivity contribution in [2.24, 2.45) is 0 Å². The smallest absolute Gasteiger partial charge is 0.357 e. The number of carboxylic acid groups (broad SMARTS) is 1. The minimum Gasteiger partial charge on any atom is -0.476 e. The molecule has 19 heavy (non-hydrogen) atoms. The van der Waals surface area contributed by atoms with Crippen LogP contribution in [0.2, 0.25) is 0 Å². The Balaban J connectivity index is 2.25. The van der Waals surface area contributed by atoms with Gasteiger partial charge in [0.05, 0.1) is 11.6 Å². The Bertz CT molecular complexity index is 595. The number of hydrogen-bond acceptors (Lipinski definition) is 5. The summed E-state index contributed by atoms with van der Waals surface area (Å²) in [5, 5.41) is 13.4. The van der Waals surface area contributed by atoms with Gasteiger partial charge in [0.15, 0.2) is 5.69 Å². The van der Waals surface area contributed by atoms with Gasteiger partial charge >= 0.3 is 5.97 Å². The highest BCUT2D eigenvalue weighted by Gasteiger charge is 2.15. The lowest BCUT2D eigenvalue weighted by molar-refractivity contribution is 0.0692. The van der Waals surface area contributed by atoms with Gasteiger partial charge in [-0.2, -0.15) is 0 Å². The standard InChI is InChI=1S/C13H14N2O3S/c1-8-14-11(13(16)17)12(19-8)15-10-5-3-4-9(6-10)7-18-2/h3-6,15H,7H2,1-2H3,(H,16,17). The number of aryl methyl sites for hydroxylation is 1. The first-order valence-electron chi connectivity index (χ1n) is 5.66. The van der Waals surface area contributed by atoms with E-state index in [2.05, 4.69) is 10.3 Å². The van der Waals surface area contributed by atoms with E-state index in [-0.39, 0.29) is 5.69 Å². The van der Waals surface area contributed by atoms with Gasteiger partial charge in [0.2, 0.25) is 0 Å². The Kier molecular flexibility index (Phi) is 4.13. The molecule has 1 aromatic heterocycles. The van der Waals surface area contributed by atoms with Crippen LogP contribution in [0.3, 0.4) is 0 Å². The molecule has 0 spiro atoms. The van der Waals surface area contributed by atoms with E-state index >= 15 is 0 Å². The zero-order valence-electron chi connectivity index (χ0n) is 10.6. The number of carboxylic acids is 1. The molecule has 6 heteroatoms. The normalized spacial score (nSPS) is 10.4. The minimum atomic E-state index is -1.03. The summed E-state index contributed by atoms with van der Waals surface area (Å²) in [5.74, 6) is -1.03. The van der Waals surface area contributed by atoms with Gasteiger partial charge in [-0.1, -0.05) is 12.1 Å². The molecule has 0 aliphatic rings. The van der Waals surface area contributed by atoms with Crippen molar-refractivity contribution in [3.05, 3.63) is 40.5 Å². The highest BCUT2D eigenvalue weighted by atomic mass is 32.1. The Morgan fingerprint density at radius 3 is 3.00 bits per heavy atom. The number of aromatic carboxylic acids is 1. The monoisotopic (exact) mass is 278 g/mol. The lowest BCUT2D eigenvalue weighted by Crippen LogP contribution is -2.01. The largest absolute Gasteiger partial charge is 0.476 e. The number of nitrogens with zero attached hydrogens (tertiary/aromatic N) is 1. The first-order chi connectivity index (χ1) is 9.10. The van der Waals surface area contributed by atoms with Gasteiger partial charge in [-0.15, -0.1) is 11.3 Å². The van der Waals surface area contributed by atoms with Crippen LogP contribution in [0.25, 0.3) is 0 Å². The minimum absolute atomic E-state index is 0.0552. The summed E-state index contributed by atoms with van der Waals surface area (Å²) in [6.07, 6.45) is 0. The van der Waals surface area contributed by atoms with Gasteiger partial charge in [-0.05, 0) is 24.6 Å². The van der Waals surface area contributed by atoms with Gasteiger partial charge in [-0.3, -0.25) is 0 Å². The molecule has 0 atom stereocenters. The third-order valence-corrected chi connectivity index (χ3v) is 3.32. The fraction of sp³-hybridized carbons (Fsp3) is 0.231. The zero-order valence-corrected chi connectivity index (χ0v) is 11.5. The van der Waals surface area contributed by atoms with E-state index in [9.17, 15) is 4.79 Å². The van der Waals surface area contributed by atoms with Crippen LogP contribution in [0.15, 0.2) is 24.3 Å². The average molecular weight is 278 g/mol. The van der Waals surface area contributed by atoms with E-state index < -0.39 is 5.97 Å². The van der Waals surface area contributed by atoms with Crippen molar-refractivity contribution >= 4 is 28.0 Å². The van der Waals surface area contributed by atoms with Crippen molar-refractivity contribution < 1.29 is 14.6 Å². The number of hydrogen-bond donors (Lipinski definition) is 2. The lowest BCUT2D eigenvalue weighted by atomic mass is 10.2. The number of aromatic nitrogens is 1. The van der Waals surface area contributed by atoms with Crippen LogP contribution in [0.4, 0.5) is 10.7 Å². The molecule has 100 valence electrons. The molecule has 2 rings (SSSR count). The number of methoxy groups -OCH3 is 1.